The molecule has 35 heavy (non-hydrogen) atoms. The van der Waals surface area contributed by atoms with E-state index in [0.717, 1.165) is 24.6 Å². The first kappa shape index (κ1) is 26.8. The van der Waals surface area contributed by atoms with Crippen molar-refractivity contribution in [3.05, 3.63) is 57.9 Å². The standard InChI is InChI=1S/C28H37FN2O4/c1-7-34-24-14-22(21(15-30)25(29)26(24)35-8-2)28(9-10-28)31(6)16-23(33)19-11-18(17-32)12-20(13-19)27(3,4)5/h11-15,30,32H,7-10,16-17H2,1-6H3. The van der Waals surface area contributed by atoms with Gasteiger partial charge in [-0.25, -0.2) is 4.39 Å². The van der Waals surface area contributed by atoms with Gasteiger partial charge in [0.15, 0.2) is 23.1 Å². The lowest BCUT2D eigenvalue weighted by molar-refractivity contribution is 0.0905. The lowest BCUT2D eigenvalue weighted by Gasteiger charge is -2.30. The minimum atomic E-state index is -0.612. The van der Waals surface area contributed by atoms with Crippen LogP contribution in [-0.4, -0.2) is 48.8 Å². The Morgan fingerprint density at radius 2 is 1.83 bits per heavy atom. The maximum absolute atomic E-state index is 15.4. The van der Waals surface area contributed by atoms with Crippen LogP contribution >= 0.6 is 0 Å². The summed E-state index contributed by atoms with van der Waals surface area (Å²) in [5.74, 6) is -0.364. The topological polar surface area (TPSA) is 82.9 Å². The Balaban J connectivity index is 1.97. The molecule has 1 saturated carbocycles. The maximum atomic E-state index is 15.4. The first-order chi connectivity index (χ1) is 16.5. The van der Waals surface area contributed by atoms with Crippen molar-refractivity contribution >= 4 is 12.0 Å². The van der Waals surface area contributed by atoms with Crippen LogP contribution in [0.25, 0.3) is 0 Å². The van der Waals surface area contributed by atoms with Gasteiger partial charge in [-0.05, 0) is 74.0 Å². The van der Waals surface area contributed by atoms with Crippen LogP contribution in [0.4, 0.5) is 4.39 Å². The van der Waals surface area contributed by atoms with Crippen LogP contribution in [0.1, 0.15) is 80.1 Å². The molecule has 0 amide bonds. The van der Waals surface area contributed by atoms with E-state index in [0.29, 0.717) is 29.0 Å². The number of aliphatic hydroxyl groups is 1. The highest BCUT2D eigenvalue weighted by Gasteiger charge is 2.50. The summed E-state index contributed by atoms with van der Waals surface area (Å²) in [6.07, 6.45) is 2.49. The van der Waals surface area contributed by atoms with E-state index in [4.69, 9.17) is 14.9 Å². The first-order valence-corrected chi connectivity index (χ1v) is 12.1. The Morgan fingerprint density at radius 3 is 2.34 bits per heavy atom. The Morgan fingerprint density at radius 1 is 1.17 bits per heavy atom. The average molecular weight is 485 g/mol. The average Bonchev–Trinajstić information content (AvgIpc) is 3.62. The molecule has 1 fully saturated rings. The van der Waals surface area contributed by atoms with Gasteiger partial charge >= 0.3 is 0 Å². The highest BCUT2D eigenvalue weighted by molar-refractivity contribution is 5.98. The summed E-state index contributed by atoms with van der Waals surface area (Å²) >= 11 is 0. The first-order valence-electron chi connectivity index (χ1n) is 12.1. The number of benzene rings is 2. The number of aliphatic hydroxyl groups excluding tert-OH is 1. The molecule has 0 radical (unpaired) electrons. The van der Waals surface area contributed by atoms with E-state index in [1.54, 1.807) is 19.1 Å². The molecule has 7 heteroatoms. The molecular weight excluding hydrogens is 447 g/mol. The predicted octanol–water partition coefficient (Wildman–Crippen LogP) is 5.21. The molecule has 2 aromatic rings. The van der Waals surface area contributed by atoms with Crippen molar-refractivity contribution in [2.75, 3.05) is 26.8 Å². The molecule has 2 N–H and O–H groups in total. The number of hydrogen-bond acceptors (Lipinski definition) is 6. The molecular formula is C28H37FN2O4. The summed E-state index contributed by atoms with van der Waals surface area (Å²) in [4.78, 5) is 15.3. The van der Waals surface area contributed by atoms with Gasteiger partial charge in [-0.1, -0.05) is 26.8 Å². The van der Waals surface area contributed by atoms with Gasteiger partial charge in [0.05, 0.1) is 26.4 Å². The summed E-state index contributed by atoms with van der Waals surface area (Å²) < 4.78 is 26.6. The molecule has 2 aromatic carbocycles. The third-order valence-corrected chi connectivity index (χ3v) is 6.66. The zero-order chi connectivity index (χ0) is 26.0. The van der Waals surface area contributed by atoms with Crippen LogP contribution in [0, 0.1) is 11.2 Å². The van der Waals surface area contributed by atoms with E-state index in [1.165, 1.54) is 0 Å². The monoisotopic (exact) mass is 484 g/mol. The quantitative estimate of drug-likeness (QED) is 0.338. The summed E-state index contributed by atoms with van der Waals surface area (Å²) in [6, 6.07) is 7.31. The van der Waals surface area contributed by atoms with Gasteiger partial charge in [-0.3, -0.25) is 9.69 Å². The molecule has 0 heterocycles. The van der Waals surface area contributed by atoms with Crippen molar-refractivity contribution in [2.45, 2.75) is 65.0 Å². The molecule has 6 nitrogen and oxygen atoms in total. The summed E-state index contributed by atoms with van der Waals surface area (Å²) in [7, 11) is 1.86. The molecule has 0 aliphatic heterocycles. The van der Waals surface area contributed by atoms with E-state index < -0.39 is 11.4 Å². The van der Waals surface area contributed by atoms with E-state index in [1.807, 2.05) is 31.0 Å². The molecule has 0 saturated heterocycles. The normalized spacial score (nSPS) is 14.7. The Hall–Kier alpha value is -2.77. The van der Waals surface area contributed by atoms with Gasteiger partial charge in [0.25, 0.3) is 0 Å². The highest BCUT2D eigenvalue weighted by atomic mass is 19.1. The number of nitrogens with zero attached hydrogens (tertiary/aromatic N) is 1. The molecule has 1 aliphatic carbocycles. The number of nitrogens with one attached hydrogen (secondary N) is 1. The number of halogens is 1. The second-order valence-electron chi connectivity index (χ2n) is 10.1. The summed E-state index contributed by atoms with van der Waals surface area (Å²) in [6.45, 7) is 10.4. The van der Waals surface area contributed by atoms with Crippen LogP contribution in [0.2, 0.25) is 0 Å². The molecule has 190 valence electrons. The van der Waals surface area contributed by atoms with Gasteiger partial charge in [0.1, 0.15) is 0 Å². The van der Waals surface area contributed by atoms with Crippen molar-refractivity contribution in [3.8, 4) is 11.5 Å². The van der Waals surface area contributed by atoms with Crippen molar-refractivity contribution in [3.63, 3.8) is 0 Å². The molecule has 3 rings (SSSR count). The van der Waals surface area contributed by atoms with Crippen molar-refractivity contribution in [1.82, 2.24) is 4.90 Å². The van der Waals surface area contributed by atoms with Gasteiger partial charge < -0.3 is 20.0 Å². The number of hydrogen-bond donors (Lipinski definition) is 2. The number of ether oxygens (including phenoxy) is 2. The number of rotatable bonds is 11. The second kappa shape index (κ2) is 10.5. The number of carbonyl (C=O) groups is 1. The minimum Gasteiger partial charge on any atom is -0.490 e. The highest BCUT2D eigenvalue weighted by Crippen LogP contribution is 2.53. The maximum Gasteiger partial charge on any atom is 0.197 e. The fourth-order valence-corrected chi connectivity index (χ4v) is 4.50. The van der Waals surface area contributed by atoms with E-state index in [9.17, 15) is 9.90 Å². The van der Waals surface area contributed by atoms with Crippen LogP contribution in [0.15, 0.2) is 24.3 Å². The fraction of sp³-hybridized carbons (Fsp3) is 0.500. The Bertz CT molecular complexity index is 1100. The summed E-state index contributed by atoms with van der Waals surface area (Å²) in [5.41, 5.74) is 2.28. The predicted molar refractivity (Wildman–Crippen MR) is 136 cm³/mol. The molecule has 0 aromatic heterocycles. The molecule has 0 unspecified atom stereocenters. The van der Waals surface area contributed by atoms with E-state index >= 15 is 4.39 Å². The SMILES string of the molecule is CCOc1cc(C2(N(C)CC(=O)c3cc(CO)cc(C(C)(C)C)c3)CC2)c(C=N)c(F)c1OCC. The Labute approximate surface area is 207 Å². The zero-order valence-corrected chi connectivity index (χ0v) is 21.6. The van der Waals surface area contributed by atoms with Gasteiger partial charge in [0.2, 0.25) is 0 Å². The lowest BCUT2D eigenvalue weighted by atomic mass is 9.84. The van der Waals surface area contributed by atoms with Gasteiger partial charge in [0, 0.05) is 22.9 Å². The van der Waals surface area contributed by atoms with E-state index in [-0.39, 0.29) is 42.3 Å². The third-order valence-electron chi connectivity index (χ3n) is 6.66. The number of carbonyl (C=O) groups excluding carboxylic acids is 1. The minimum absolute atomic E-state index is 0.0154. The third kappa shape index (κ3) is 5.41. The van der Waals surface area contributed by atoms with Crippen molar-refractivity contribution in [2.24, 2.45) is 0 Å². The molecule has 0 spiro atoms. The van der Waals surface area contributed by atoms with Crippen LogP contribution in [-0.2, 0) is 17.6 Å². The summed E-state index contributed by atoms with van der Waals surface area (Å²) in [5, 5.41) is 17.6. The van der Waals surface area contributed by atoms with Gasteiger partial charge in [-0.2, -0.15) is 0 Å². The Kier molecular flexibility index (Phi) is 8.02. The smallest absolute Gasteiger partial charge is 0.197 e. The van der Waals surface area contributed by atoms with Crippen LogP contribution < -0.4 is 9.47 Å². The van der Waals surface area contributed by atoms with Crippen molar-refractivity contribution in [1.29, 1.82) is 5.41 Å². The molecule has 0 bridgehead atoms. The second-order valence-corrected chi connectivity index (χ2v) is 10.1. The fourth-order valence-electron chi connectivity index (χ4n) is 4.50. The van der Waals surface area contributed by atoms with Crippen LogP contribution in [0.3, 0.4) is 0 Å². The molecule has 0 atom stereocenters. The number of ketones is 1. The lowest BCUT2D eigenvalue weighted by Crippen LogP contribution is -2.37. The largest absolute Gasteiger partial charge is 0.490 e. The van der Waals surface area contributed by atoms with E-state index in [2.05, 4.69) is 20.8 Å². The number of likely N-dealkylation sites (N-methyl/N-ethyl adjacent to an activating group) is 1. The van der Waals surface area contributed by atoms with Crippen molar-refractivity contribution < 1.29 is 23.8 Å². The molecule has 1 aliphatic rings. The number of Topliss-reactive ketones (excluding diaryl/α,β-unsaturated/α-hetero) is 1. The van der Waals surface area contributed by atoms with Crippen LogP contribution in [0.5, 0.6) is 11.5 Å². The zero-order valence-electron chi connectivity index (χ0n) is 21.6. The van der Waals surface area contributed by atoms with Gasteiger partial charge in [-0.15, -0.1) is 0 Å².